The van der Waals surface area contributed by atoms with Gasteiger partial charge < -0.3 is 9.15 Å². The lowest BCUT2D eigenvalue weighted by atomic mass is 10.1. The van der Waals surface area contributed by atoms with E-state index < -0.39 is 16.0 Å². The molecule has 9 heteroatoms. The standard InChI is InChI=1S/C25H23N3O5S/c1-3-28(21-12-8-5-9-13-21)34(30,31)22-16-20(15-14-18(22)2)25(29)32-17-23-26-27-24(33-23)19-10-6-4-7-11-19/h4-16H,3,17H2,1-2H3. The molecule has 0 radical (unpaired) electrons. The predicted molar refractivity (Wildman–Crippen MR) is 127 cm³/mol. The number of para-hydroxylation sites is 1. The first-order valence-electron chi connectivity index (χ1n) is 10.6. The first-order valence-corrected chi connectivity index (χ1v) is 12.1. The highest BCUT2D eigenvalue weighted by Gasteiger charge is 2.26. The van der Waals surface area contributed by atoms with E-state index >= 15 is 0 Å². The maximum atomic E-state index is 13.4. The van der Waals surface area contributed by atoms with Crippen molar-refractivity contribution >= 4 is 21.7 Å². The van der Waals surface area contributed by atoms with Crippen LogP contribution in [0.15, 0.2) is 88.2 Å². The largest absolute Gasteiger partial charge is 0.452 e. The number of anilines is 1. The van der Waals surface area contributed by atoms with Crippen molar-refractivity contribution in [1.29, 1.82) is 0 Å². The van der Waals surface area contributed by atoms with Crippen LogP contribution < -0.4 is 4.31 Å². The van der Waals surface area contributed by atoms with Gasteiger partial charge in [-0.05, 0) is 55.8 Å². The summed E-state index contributed by atoms with van der Waals surface area (Å²) in [5, 5.41) is 7.86. The Kier molecular flexibility index (Phi) is 6.74. The van der Waals surface area contributed by atoms with E-state index in [1.165, 1.54) is 16.4 Å². The highest BCUT2D eigenvalue weighted by atomic mass is 32.2. The second-order valence-corrected chi connectivity index (χ2v) is 9.26. The number of rotatable bonds is 8. The van der Waals surface area contributed by atoms with Gasteiger partial charge in [-0.2, -0.15) is 0 Å². The predicted octanol–water partition coefficient (Wildman–Crippen LogP) is 4.62. The van der Waals surface area contributed by atoms with Crippen LogP contribution >= 0.6 is 0 Å². The number of hydrogen-bond acceptors (Lipinski definition) is 7. The van der Waals surface area contributed by atoms with Crippen LogP contribution in [-0.2, 0) is 21.4 Å². The second kappa shape index (κ2) is 9.88. The molecular weight excluding hydrogens is 454 g/mol. The van der Waals surface area contributed by atoms with Crippen molar-refractivity contribution in [2.75, 3.05) is 10.8 Å². The first-order chi connectivity index (χ1) is 16.4. The summed E-state index contributed by atoms with van der Waals surface area (Å²) in [5.41, 5.74) is 1.93. The first kappa shape index (κ1) is 23.2. The minimum absolute atomic E-state index is 0.0387. The zero-order valence-electron chi connectivity index (χ0n) is 18.7. The number of hydrogen-bond donors (Lipinski definition) is 0. The van der Waals surface area contributed by atoms with Gasteiger partial charge in [-0.15, -0.1) is 10.2 Å². The van der Waals surface area contributed by atoms with E-state index in [1.807, 2.05) is 36.4 Å². The van der Waals surface area contributed by atoms with E-state index in [9.17, 15) is 13.2 Å². The highest BCUT2D eigenvalue weighted by molar-refractivity contribution is 7.92. The lowest BCUT2D eigenvalue weighted by Crippen LogP contribution is -2.31. The summed E-state index contributed by atoms with van der Waals surface area (Å²) in [6, 6.07) is 22.5. The normalized spacial score (nSPS) is 11.2. The fraction of sp³-hybridized carbons (Fsp3) is 0.160. The van der Waals surface area contributed by atoms with Crippen molar-refractivity contribution in [3.63, 3.8) is 0 Å². The van der Waals surface area contributed by atoms with Gasteiger partial charge in [-0.1, -0.05) is 42.5 Å². The third kappa shape index (κ3) is 4.84. The Morgan fingerprint density at radius 2 is 1.65 bits per heavy atom. The average molecular weight is 478 g/mol. The summed E-state index contributed by atoms with van der Waals surface area (Å²) in [5.74, 6) is -0.247. The maximum Gasteiger partial charge on any atom is 0.338 e. The Morgan fingerprint density at radius 3 is 2.32 bits per heavy atom. The molecule has 0 spiro atoms. The molecule has 0 N–H and O–H groups in total. The molecule has 0 saturated heterocycles. The van der Waals surface area contributed by atoms with Crippen LogP contribution in [0.3, 0.4) is 0 Å². The molecular formula is C25H23N3O5S. The number of nitrogens with zero attached hydrogens (tertiary/aromatic N) is 3. The number of aryl methyl sites for hydroxylation is 1. The number of carbonyl (C=O) groups excluding carboxylic acids is 1. The number of aromatic nitrogens is 2. The molecule has 4 rings (SSSR count). The Labute approximate surface area is 197 Å². The van der Waals surface area contributed by atoms with Crippen LogP contribution in [0, 0.1) is 6.92 Å². The Morgan fingerprint density at radius 1 is 0.971 bits per heavy atom. The third-order valence-corrected chi connectivity index (χ3v) is 7.18. The Balaban J connectivity index is 1.52. The van der Waals surface area contributed by atoms with Crippen molar-refractivity contribution in [1.82, 2.24) is 10.2 Å². The molecule has 1 aromatic heterocycles. The molecule has 0 unspecified atom stereocenters. The monoisotopic (exact) mass is 477 g/mol. The van der Waals surface area contributed by atoms with Crippen LogP contribution in [-0.4, -0.2) is 31.1 Å². The molecule has 0 aliphatic heterocycles. The van der Waals surface area contributed by atoms with Crippen molar-refractivity contribution in [3.8, 4) is 11.5 Å². The Bertz CT molecular complexity index is 1390. The number of carbonyl (C=O) groups is 1. The van der Waals surface area contributed by atoms with Crippen molar-refractivity contribution < 1.29 is 22.4 Å². The molecule has 3 aromatic carbocycles. The SMILES string of the molecule is CCN(c1ccccc1)S(=O)(=O)c1cc(C(=O)OCc2nnc(-c3ccccc3)o2)ccc1C. The van der Waals surface area contributed by atoms with E-state index in [-0.39, 0.29) is 29.5 Å². The van der Waals surface area contributed by atoms with Crippen molar-refractivity contribution in [3.05, 3.63) is 95.9 Å². The van der Waals surface area contributed by atoms with Gasteiger partial charge in [0.25, 0.3) is 15.9 Å². The molecule has 8 nitrogen and oxygen atoms in total. The summed E-state index contributed by atoms with van der Waals surface area (Å²) < 4.78 is 39.0. The van der Waals surface area contributed by atoms with E-state index in [4.69, 9.17) is 9.15 Å². The summed E-state index contributed by atoms with van der Waals surface area (Å²) in [4.78, 5) is 12.7. The molecule has 0 aliphatic carbocycles. The summed E-state index contributed by atoms with van der Waals surface area (Å²) >= 11 is 0. The summed E-state index contributed by atoms with van der Waals surface area (Å²) in [7, 11) is -3.90. The molecule has 174 valence electrons. The van der Waals surface area contributed by atoms with Crippen molar-refractivity contribution in [2.45, 2.75) is 25.3 Å². The number of benzene rings is 3. The van der Waals surface area contributed by atoms with Gasteiger partial charge in [0.2, 0.25) is 5.89 Å². The minimum Gasteiger partial charge on any atom is -0.452 e. The lowest BCUT2D eigenvalue weighted by Gasteiger charge is -2.24. The van der Waals surface area contributed by atoms with Crippen LogP contribution in [0.4, 0.5) is 5.69 Å². The molecule has 34 heavy (non-hydrogen) atoms. The van der Waals surface area contributed by atoms with Gasteiger partial charge in [0.1, 0.15) is 0 Å². The van der Waals surface area contributed by atoms with E-state index in [0.29, 0.717) is 17.1 Å². The van der Waals surface area contributed by atoms with E-state index in [2.05, 4.69) is 10.2 Å². The van der Waals surface area contributed by atoms with Gasteiger partial charge in [0.15, 0.2) is 6.61 Å². The molecule has 0 atom stereocenters. The highest BCUT2D eigenvalue weighted by Crippen LogP contribution is 2.26. The molecule has 4 aromatic rings. The molecule has 0 saturated carbocycles. The smallest absolute Gasteiger partial charge is 0.338 e. The lowest BCUT2D eigenvalue weighted by molar-refractivity contribution is 0.0438. The fourth-order valence-electron chi connectivity index (χ4n) is 3.43. The van der Waals surface area contributed by atoms with Gasteiger partial charge in [-0.3, -0.25) is 4.31 Å². The number of esters is 1. The molecule has 0 amide bonds. The van der Waals surface area contributed by atoms with Crippen LogP contribution in [0.2, 0.25) is 0 Å². The molecule has 0 fully saturated rings. The van der Waals surface area contributed by atoms with Gasteiger partial charge in [-0.25, -0.2) is 13.2 Å². The maximum absolute atomic E-state index is 13.4. The van der Waals surface area contributed by atoms with Crippen LogP contribution in [0.1, 0.15) is 28.7 Å². The zero-order chi connectivity index (χ0) is 24.1. The fourth-order valence-corrected chi connectivity index (χ4v) is 5.16. The molecule has 0 bridgehead atoms. The number of ether oxygens (including phenoxy) is 1. The van der Waals surface area contributed by atoms with Gasteiger partial charge >= 0.3 is 5.97 Å². The zero-order valence-corrected chi connectivity index (χ0v) is 19.5. The van der Waals surface area contributed by atoms with Crippen LogP contribution in [0.5, 0.6) is 0 Å². The quantitative estimate of drug-likeness (QED) is 0.341. The molecule has 1 heterocycles. The minimum atomic E-state index is -3.90. The van der Waals surface area contributed by atoms with E-state index in [0.717, 1.165) is 5.56 Å². The number of sulfonamides is 1. The summed E-state index contributed by atoms with van der Waals surface area (Å²) in [6.07, 6.45) is 0. The summed E-state index contributed by atoms with van der Waals surface area (Å²) in [6.45, 7) is 3.44. The average Bonchev–Trinajstić information content (AvgIpc) is 3.33. The topological polar surface area (TPSA) is 103 Å². The van der Waals surface area contributed by atoms with E-state index in [1.54, 1.807) is 44.2 Å². The Hall–Kier alpha value is -3.98. The van der Waals surface area contributed by atoms with Crippen molar-refractivity contribution in [2.24, 2.45) is 0 Å². The molecule has 0 aliphatic rings. The van der Waals surface area contributed by atoms with Gasteiger partial charge in [0, 0.05) is 12.1 Å². The second-order valence-electron chi connectivity index (χ2n) is 7.43. The van der Waals surface area contributed by atoms with Gasteiger partial charge in [0.05, 0.1) is 16.1 Å². The van der Waals surface area contributed by atoms with Crippen LogP contribution in [0.25, 0.3) is 11.5 Å². The third-order valence-electron chi connectivity index (χ3n) is 5.14.